The van der Waals surface area contributed by atoms with Gasteiger partial charge in [0.15, 0.2) is 0 Å². The molecule has 0 aromatic carbocycles. The first kappa shape index (κ1) is 4.80. The molecule has 0 bridgehead atoms. The van der Waals surface area contributed by atoms with Gasteiger partial charge in [0.05, 0.1) is 0 Å². The second-order valence-electron chi connectivity index (χ2n) is 1.15. The fraction of sp³-hybridized carbons (Fsp3) is 1.00. The molecule has 0 N–H and O–H groups in total. The molecule has 4 heavy (non-hydrogen) atoms. The third-order valence-electron chi connectivity index (χ3n) is 0. The first-order valence-electron chi connectivity index (χ1n) is 1.44. The van der Waals surface area contributed by atoms with Crippen LogP contribution in [-0.2, 0) is 0 Å². The summed E-state index contributed by atoms with van der Waals surface area (Å²) < 4.78 is 0.923. The maximum atomic E-state index is 2.21. The molecule has 0 rings (SSSR count). The van der Waals surface area contributed by atoms with Gasteiger partial charge in [0, 0.05) is 0 Å². The summed E-state index contributed by atoms with van der Waals surface area (Å²) >= 11 is 1.64. The van der Waals surface area contributed by atoms with Gasteiger partial charge in [-0.1, -0.05) is 0 Å². The minimum absolute atomic E-state index is 0.923. The van der Waals surface area contributed by atoms with E-state index in [0.29, 0.717) is 0 Å². The number of rotatable bonds is 0. The number of hydrogen-bond acceptors (Lipinski definition) is 0. The van der Waals surface area contributed by atoms with Crippen molar-refractivity contribution in [2.75, 3.05) is 0 Å². The van der Waals surface area contributed by atoms with Crippen LogP contribution < -0.4 is 0 Å². The van der Waals surface area contributed by atoms with Crippen molar-refractivity contribution in [3.05, 3.63) is 0 Å². The first-order chi connectivity index (χ1) is 1.73. The van der Waals surface area contributed by atoms with Gasteiger partial charge in [0.2, 0.25) is 0 Å². The van der Waals surface area contributed by atoms with Crippen LogP contribution in [0.25, 0.3) is 0 Å². The molecule has 0 nitrogen and oxygen atoms in total. The molecular weight excluding hydrogens is 155 g/mol. The molecule has 0 saturated heterocycles. The van der Waals surface area contributed by atoms with Gasteiger partial charge in [-0.05, 0) is 0 Å². The van der Waals surface area contributed by atoms with Gasteiger partial charge < -0.3 is 0 Å². The van der Waals surface area contributed by atoms with Crippen molar-refractivity contribution in [1.29, 1.82) is 0 Å². The van der Waals surface area contributed by atoms with Crippen LogP contribution in [0, 0.1) is 0 Å². The van der Waals surface area contributed by atoms with Gasteiger partial charge >= 0.3 is 40.3 Å². The van der Waals surface area contributed by atoms with Crippen LogP contribution in [0.3, 0.4) is 0 Å². The average molecular weight is 162 g/mol. The molecule has 0 aromatic heterocycles. The summed E-state index contributed by atoms with van der Waals surface area (Å²) in [5.74, 6) is 0. The summed E-state index contributed by atoms with van der Waals surface area (Å²) in [7, 11) is 0. The molecule has 20 valence electrons. The van der Waals surface area contributed by atoms with Crippen molar-refractivity contribution < 1.29 is 0 Å². The Kier molecular flexibility index (Phi) is 2.47. The van der Waals surface area contributed by atoms with Gasteiger partial charge in [-0.15, -0.1) is 0 Å². The van der Waals surface area contributed by atoms with E-state index in [9.17, 15) is 0 Å². The van der Waals surface area contributed by atoms with Crippen LogP contribution in [0.1, 0.15) is 13.8 Å². The van der Waals surface area contributed by atoms with Crippen LogP contribution in [0.5, 0.6) is 0 Å². The van der Waals surface area contributed by atoms with Gasteiger partial charge in [-0.2, -0.15) is 0 Å². The quantitative estimate of drug-likeness (QED) is 0.465. The van der Waals surface area contributed by atoms with Gasteiger partial charge in [-0.3, -0.25) is 0 Å². The molecule has 0 amide bonds. The predicted molar refractivity (Wildman–Crippen MR) is 20.9 cm³/mol. The topological polar surface area (TPSA) is 0 Å². The predicted octanol–water partition coefficient (Wildman–Crippen LogP) is 0.983. The van der Waals surface area contributed by atoms with Gasteiger partial charge in [0.25, 0.3) is 0 Å². The Morgan fingerprint density at radius 3 is 1.50 bits per heavy atom. The third-order valence-corrected chi connectivity index (χ3v) is 0. The molecule has 0 radical (unpaired) electrons. The molecule has 0 spiro atoms. The fourth-order valence-electron chi connectivity index (χ4n) is 0. The third kappa shape index (κ3) is 14.2. The van der Waals surface area contributed by atoms with E-state index >= 15 is 0 Å². The Balaban J connectivity index is 2.32. The Morgan fingerprint density at radius 1 is 1.50 bits per heavy atom. The molecular formula is C3H7Sn+3. The van der Waals surface area contributed by atoms with Gasteiger partial charge in [-0.25, -0.2) is 0 Å². The summed E-state index contributed by atoms with van der Waals surface area (Å²) in [5.41, 5.74) is 0. The van der Waals surface area contributed by atoms with E-state index in [0.717, 1.165) is 3.93 Å². The molecule has 0 aromatic rings. The summed E-state index contributed by atoms with van der Waals surface area (Å²) in [4.78, 5) is 0. The molecule has 0 saturated carbocycles. The monoisotopic (exact) mass is 163 g/mol. The zero-order valence-electron chi connectivity index (χ0n) is 3.08. The van der Waals surface area contributed by atoms with Crippen molar-refractivity contribution in [3.8, 4) is 0 Å². The Morgan fingerprint density at radius 2 is 1.50 bits per heavy atom. The van der Waals surface area contributed by atoms with E-state index in [-0.39, 0.29) is 0 Å². The molecule has 0 aliphatic carbocycles. The second kappa shape index (κ2) is 2.06. The Hall–Kier alpha value is 0.799. The Bertz CT molecular complexity index is 8.00. The summed E-state index contributed by atoms with van der Waals surface area (Å²) in [5, 5.41) is 0. The molecule has 0 aliphatic heterocycles. The zero-order chi connectivity index (χ0) is 3.58. The van der Waals surface area contributed by atoms with Crippen LogP contribution in [0.15, 0.2) is 0 Å². The summed E-state index contributed by atoms with van der Waals surface area (Å²) in [6.45, 7) is 4.41. The van der Waals surface area contributed by atoms with E-state index in [2.05, 4.69) is 13.8 Å². The Labute approximate surface area is 40.7 Å². The van der Waals surface area contributed by atoms with Crippen molar-refractivity contribution in [2.24, 2.45) is 0 Å². The molecule has 0 aliphatic rings. The van der Waals surface area contributed by atoms with E-state index in [1.165, 1.54) is 0 Å². The van der Waals surface area contributed by atoms with Crippen molar-refractivity contribution in [1.82, 2.24) is 0 Å². The fourth-order valence-corrected chi connectivity index (χ4v) is 0. The summed E-state index contributed by atoms with van der Waals surface area (Å²) in [6.07, 6.45) is 0. The van der Waals surface area contributed by atoms with Crippen LogP contribution >= 0.6 is 0 Å². The first-order valence-corrected chi connectivity index (χ1v) is 3.09. The van der Waals surface area contributed by atoms with Crippen LogP contribution in [0.2, 0.25) is 3.93 Å². The molecule has 0 unspecified atom stereocenters. The van der Waals surface area contributed by atoms with Crippen molar-refractivity contribution in [3.63, 3.8) is 0 Å². The van der Waals surface area contributed by atoms with Crippen LogP contribution in [0.4, 0.5) is 0 Å². The van der Waals surface area contributed by atoms with Crippen LogP contribution in [-0.4, -0.2) is 22.5 Å². The van der Waals surface area contributed by atoms with Crippen molar-refractivity contribution in [2.45, 2.75) is 17.8 Å². The van der Waals surface area contributed by atoms with E-state index in [4.69, 9.17) is 0 Å². The minimum atomic E-state index is 0.923. The molecule has 1 heteroatoms. The maximum absolute atomic E-state index is 2.21. The van der Waals surface area contributed by atoms with E-state index < -0.39 is 0 Å². The summed E-state index contributed by atoms with van der Waals surface area (Å²) in [6, 6.07) is 0. The molecule has 0 atom stereocenters. The van der Waals surface area contributed by atoms with E-state index in [1.807, 2.05) is 0 Å². The van der Waals surface area contributed by atoms with E-state index in [1.54, 1.807) is 22.5 Å². The zero-order valence-corrected chi connectivity index (χ0v) is 5.93. The normalized spacial score (nSPS) is 9.25. The second-order valence-corrected chi connectivity index (χ2v) is 4.45. The SMILES string of the molecule is C[CH](C)[Sn+3]. The molecule has 0 heterocycles. The van der Waals surface area contributed by atoms with Gasteiger partial charge in [0.1, 0.15) is 0 Å². The number of hydrogen-bond donors (Lipinski definition) is 0. The average Bonchev–Trinajstić information content (AvgIpc) is 0.811. The van der Waals surface area contributed by atoms with Crippen molar-refractivity contribution >= 4 is 22.5 Å². The molecule has 0 fully saturated rings. The standard InChI is InChI=1S/C3H7.Sn/c1-3-2;/h3H,1-2H3;/q;+3.